The van der Waals surface area contributed by atoms with E-state index in [4.69, 9.17) is 19.6 Å². The smallest absolute Gasteiger partial charge is 0.383 e. The zero-order valence-corrected chi connectivity index (χ0v) is 13.6. The highest BCUT2D eigenvalue weighted by Crippen LogP contribution is 2.66. The van der Waals surface area contributed by atoms with Crippen molar-refractivity contribution >= 4 is 29.2 Å². The highest BCUT2D eigenvalue weighted by atomic mass is 31.3. The maximum atomic E-state index is 11.3. The minimum atomic E-state index is -5.46. The molecule has 0 amide bonds. The van der Waals surface area contributed by atoms with Crippen LogP contribution in [0.1, 0.15) is 0 Å². The van der Waals surface area contributed by atoms with Crippen LogP contribution < -0.4 is 5.32 Å². The fraction of sp³-hybridized carbons (Fsp3) is 0.250. The van der Waals surface area contributed by atoms with E-state index in [1.165, 1.54) is 0 Å². The molecule has 126 valence electrons. The van der Waals surface area contributed by atoms with Gasteiger partial charge in [0.25, 0.3) is 0 Å². The van der Waals surface area contributed by atoms with Gasteiger partial charge in [-0.25, -0.2) is 13.7 Å². The molecule has 0 saturated carbocycles. The van der Waals surface area contributed by atoms with Gasteiger partial charge in [-0.05, 0) is 12.1 Å². The summed E-state index contributed by atoms with van der Waals surface area (Å²) in [6.45, 7) is -0.328. The van der Waals surface area contributed by atoms with Crippen LogP contribution in [-0.2, 0) is 26.8 Å². The normalized spacial score (nSPS) is 17.5. The van der Waals surface area contributed by atoms with Crippen molar-refractivity contribution in [1.29, 1.82) is 0 Å². The van der Waals surface area contributed by atoms with Gasteiger partial charge in [-0.3, -0.25) is 4.52 Å². The summed E-state index contributed by atoms with van der Waals surface area (Å²) in [4.78, 5) is 34.8. The van der Waals surface area contributed by atoms with Crippen molar-refractivity contribution in [2.75, 3.05) is 18.5 Å². The van der Waals surface area contributed by atoms with Gasteiger partial charge < -0.3 is 24.9 Å². The van der Waals surface area contributed by atoms with E-state index in [0.717, 1.165) is 0 Å². The lowest BCUT2D eigenvalue weighted by Crippen LogP contribution is -2.09. The van der Waals surface area contributed by atoms with Crippen molar-refractivity contribution in [2.45, 2.75) is 0 Å². The van der Waals surface area contributed by atoms with Crippen LogP contribution in [0.4, 0.5) is 5.69 Å². The van der Waals surface area contributed by atoms with Gasteiger partial charge in [0.05, 0.1) is 6.61 Å². The van der Waals surface area contributed by atoms with Crippen molar-refractivity contribution in [3.05, 3.63) is 30.3 Å². The number of benzene rings is 1. The first-order chi connectivity index (χ1) is 9.99. The third-order valence-electron chi connectivity index (χ3n) is 1.88. The quantitative estimate of drug-likeness (QED) is 0.311. The SMILES string of the molecule is O=P(O)(O)OP(=O)(O)OP(=O)(O)OCCNc1ccccc1. The average molecular weight is 377 g/mol. The minimum absolute atomic E-state index is 0.0625. The summed E-state index contributed by atoms with van der Waals surface area (Å²) < 4.78 is 44.3. The van der Waals surface area contributed by atoms with Crippen LogP contribution in [0.5, 0.6) is 0 Å². The molecule has 0 aliphatic rings. The Kier molecular flexibility index (Phi) is 6.91. The predicted molar refractivity (Wildman–Crippen MR) is 74.7 cm³/mol. The summed E-state index contributed by atoms with van der Waals surface area (Å²) in [7, 11) is -15.9. The maximum absolute atomic E-state index is 11.3. The molecule has 1 rings (SSSR count). The maximum Gasteiger partial charge on any atom is 0.490 e. The van der Waals surface area contributed by atoms with Crippen LogP contribution in [0.3, 0.4) is 0 Å². The molecule has 0 fully saturated rings. The first-order valence-corrected chi connectivity index (χ1v) is 10.1. The molecule has 0 aliphatic carbocycles. The summed E-state index contributed by atoms with van der Waals surface area (Å²) in [5, 5.41) is 2.82. The van der Waals surface area contributed by atoms with Crippen LogP contribution in [0.2, 0.25) is 0 Å². The van der Waals surface area contributed by atoms with Crippen molar-refractivity contribution in [3.63, 3.8) is 0 Å². The molecule has 5 N–H and O–H groups in total. The Hall–Kier alpha value is -0.570. The lowest BCUT2D eigenvalue weighted by atomic mass is 10.3. The lowest BCUT2D eigenvalue weighted by Gasteiger charge is -2.16. The molecule has 0 spiro atoms. The Morgan fingerprint density at radius 1 is 0.909 bits per heavy atom. The molecule has 1 aromatic carbocycles. The number of hydrogen-bond acceptors (Lipinski definition) is 7. The number of phosphoric acid groups is 3. The van der Waals surface area contributed by atoms with Gasteiger partial charge >= 0.3 is 23.5 Å². The molecule has 11 nitrogen and oxygen atoms in total. The number of nitrogens with one attached hydrogen (secondary N) is 1. The molecule has 14 heteroatoms. The Morgan fingerprint density at radius 2 is 1.50 bits per heavy atom. The summed E-state index contributed by atoms with van der Waals surface area (Å²) in [5.74, 6) is 0. The zero-order valence-electron chi connectivity index (χ0n) is 10.9. The third-order valence-corrected chi connectivity index (χ3v) is 5.71. The summed E-state index contributed by atoms with van der Waals surface area (Å²) in [6, 6.07) is 8.75. The van der Waals surface area contributed by atoms with Crippen molar-refractivity contribution in [1.82, 2.24) is 0 Å². The van der Waals surface area contributed by atoms with Crippen LogP contribution >= 0.6 is 23.5 Å². The molecular formula is C8H14NO10P3. The van der Waals surface area contributed by atoms with E-state index in [9.17, 15) is 13.7 Å². The average Bonchev–Trinajstić information content (AvgIpc) is 2.31. The second kappa shape index (κ2) is 7.81. The summed E-state index contributed by atoms with van der Waals surface area (Å²) in [5.41, 5.74) is 0.706. The zero-order chi connectivity index (χ0) is 16.9. The minimum Gasteiger partial charge on any atom is -0.383 e. The van der Waals surface area contributed by atoms with E-state index in [-0.39, 0.29) is 6.54 Å². The highest BCUT2D eigenvalue weighted by Gasteiger charge is 2.40. The van der Waals surface area contributed by atoms with E-state index in [1.54, 1.807) is 30.3 Å². The number of phosphoric ester groups is 1. The Labute approximate surface area is 125 Å². The molecule has 22 heavy (non-hydrogen) atoms. The highest BCUT2D eigenvalue weighted by molar-refractivity contribution is 7.66. The standard InChI is InChI=1S/C8H14NO10P3/c10-20(11,12)18-22(15,16)19-21(13,14)17-7-6-9-8-4-2-1-3-5-8/h1-5,9H,6-7H2,(H,13,14)(H,15,16)(H2,10,11,12). The largest absolute Gasteiger partial charge is 0.490 e. The number of para-hydroxylation sites is 1. The first kappa shape index (κ1) is 19.5. The first-order valence-electron chi connectivity index (χ1n) is 5.56. The third kappa shape index (κ3) is 8.77. The van der Waals surface area contributed by atoms with Gasteiger partial charge in [-0.2, -0.15) is 8.62 Å². The van der Waals surface area contributed by atoms with Gasteiger partial charge in [-0.1, -0.05) is 18.2 Å². The van der Waals surface area contributed by atoms with Crippen LogP contribution in [0.15, 0.2) is 30.3 Å². The second-order valence-corrected chi connectivity index (χ2v) is 8.14. The van der Waals surface area contributed by atoms with Crippen molar-refractivity contribution < 1.29 is 46.4 Å². The molecule has 0 heterocycles. The second-order valence-electron chi connectivity index (χ2n) is 3.72. The summed E-state index contributed by atoms with van der Waals surface area (Å²) >= 11 is 0. The predicted octanol–water partition coefficient (Wildman–Crippen LogP) is 1.44. The van der Waals surface area contributed by atoms with Gasteiger partial charge in [0.15, 0.2) is 0 Å². The van der Waals surface area contributed by atoms with E-state index >= 15 is 0 Å². The van der Waals surface area contributed by atoms with Crippen LogP contribution in [0, 0.1) is 0 Å². The van der Waals surface area contributed by atoms with E-state index in [0.29, 0.717) is 5.69 Å². The number of anilines is 1. The van der Waals surface area contributed by atoms with E-state index in [2.05, 4.69) is 18.5 Å². The van der Waals surface area contributed by atoms with Gasteiger partial charge in [0, 0.05) is 12.2 Å². The molecule has 0 saturated heterocycles. The van der Waals surface area contributed by atoms with Gasteiger partial charge in [-0.15, -0.1) is 0 Å². The van der Waals surface area contributed by atoms with Crippen molar-refractivity contribution in [2.24, 2.45) is 0 Å². The fourth-order valence-corrected chi connectivity index (χ4v) is 4.23. The topological polar surface area (TPSA) is 172 Å². The summed E-state index contributed by atoms with van der Waals surface area (Å²) in [6.07, 6.45) is 0. The lowest BCUT2D eigenvalue weighted by molar-refractivity contribution is 0.176. The molecule has 2 unspecified atom stereocenters. The van der Waals surface area contributed by atoms with E-state index in [1.807, 2.05) is 0 Å². The monoisotopic (exact) mass is 377 g/mol. The number of hydrogen-bond donors (Lipinski definition) is 5. The molecule has 2 atom stereocenters. The number of rotatable bonds is 9. The van der Waals surface area contributed by atoms with E-state index < -0.39 is 30.1 Å². The van der Waals surface area contributed by atoms with Gasteiger partial charge in [0.1, 0.15) is 0 Å². The Balaban J connectivity index is 2.42. The molecule has 0 aromatic heterocycles. The van der Waals surface area contributed by atoms with Crippen LogP contribution in [0.25, 0.3) is 0 Å². The Bertz CT molecular complexity index is 616. The molecule has 0 bridgehead atoms. The molecule has 0 radical (unpaired) electrons. The molecular weight excluding hydrogens is 363 g/mol. The molecule has 1 aromatic rings. The van der Waals surface area contributed by atoms with Gasteiger partial charge in [0.2, 0.25) is 0 Å². The Morgan fingerprint density at radius 3 is 2.05 bits per heavy atom. The molecule has 0 aliphatic heterocycles. The van der Waals surface area contributed by atoms with Crippen LogP contribution in [-0.4, -0.2) is 32.7 Å². The fourth-order valence-electron chi connectivity index (χ4n) is 1.22. The van der Waals surface area contributed by atoms with Crippen molar-refractivity contribution in [3.8, 4) is 0 Å².